The highest BCUT2D eigenvalue weighted by atomic mass is 35.5. The van der Waals surface area contributed by atoms with Gasteiger partial charge in [-0.15, -0.1) is 0 Å². The fraction of sp³-hybridized carbons (Fsp3) is 0.368. The second-order valence-electron chi connectivity index (χ2n) is 5.43. The van der Waals surface area contributed by atoms with Crippen LogP contribution in [0.25, 0.3) is 11.1 Å². The lowest BCUT2D eigenvalue weighted by Crippen LogP contribution is -2.26. The number of rotatable bonds is 1. The molecule has 0 unspecified atom stereocenters. The first-order chi connectivity index (χ1) is 10.1. The molecule has 0 atom stereocenters. The van der Waals surface area contributed by atoms with Gasteiger partial charge in [0.25, 0.3) is 0 Å². The van der Waals surface area contributed by atoms with Gasteiger partial charge >= 0.3 is 0 Å². The number of halogens is 1. The number of hydrogen-bond acceptors (Lipinski definition) is 1. The maximum absolute atomic E-state index is 6.03. The van der Waals surface area contributed by atoms with Gasteiger partial charge < -0.3 is 4.90 Å². The summed E-state index contributed by atoms with van der Waals surface area (Å²) in [6.45, 7) is 8.33. The molecule has 21 heavy (non-hydrogen) atoms. The summed E-state index contributed by atoms with van der Waals surface area (Å²) in [7, 11) is 2.18. The standard InChI is InChI=1S/C17H18ClN.C2H6/c1-12-9-16(18)5-6-17(12)14-3-4-15-11-19(2)8-7-13(15)10-14;1-2/h3-6,9-10H,7-8,11H2,1-2H3;1-2H3. The van der Waals surface area contributed by atoms with Gasteiger partial charge in [0.1, 0.15) is 0 Å². The highest BCUT2D eigenvalue weighted by Crippen LogP contribution is 2.29. The van der Waals surface area contributed by atoms with E-state index in [9.17, 15) is 0 Å². The minimum Gasteiger partial charge on any atom is -0.302 e. The molecule has 1 aliphatic rings. The fourth-order valence-corrected chi connectivity index (χ4v) is 3.04. The van der Waals surface area contributed by atoms with E-state index in [-0.39, 0.29) is 0 Å². The van der Waals surface area contributed by atoms with Crippen molar-refractivity contribution >= 4 is 11.6 Å². The van der Waals surface area contributed by atoms with Crippen LogP contribution in [0.3, 0.4) is 0 Å². The SMILES string of the molecule is CC.Cc1cc(Cl)ccc1-c1ccc2c(c1)CCN(C)C2. The van der Waals surface area contributed by atoms with E-state index in [2.05, 4.69) is 43.1 Å². The molecular weight excluding hydrogens is 278 g/mol. The topological polar surface area (TPSA) is 3.24 Å². The van der Waals surface area contributed by atoms with E-state index in [4.69, 9.17) is 11.6 Å². The minimum atomic E-state index is 0.806. The molecule has 0 spiro atoms. The van der Waals surface area contributed by atoms with Crippen LogP contribution in [-0.2, 0) is 13.0 Å². The summed E-state index contributed by atoms with van der Waals surface area (Å²) in [5.74, 6) is 0. The molecule has 0 bridgehead atoms. The predicted octanol–water partition coefficient (Wildman–Crippen LogP) is 5.33. The second-order valence-corrected chi connectivity index (χ2v) is 5.87. The molecule has 1 nitrogen and oxygen atoms in total. The first-order valence-corrected chi connectivity index (χ1v) is 8.08. The van der Waals surface area contributed by atoms with Crippen molar-refractivity contribution in [2.75, 3.05) is 13.6 Å². The van der Waals surface area contributed by atoms with Crippen LogP contribution in [0, 0.1) is 6.92 Å². The smallest absolute Gasteiger partial charge is 0.0409 e. The maximum Gasteiger partial charge on any atom is 0.0409 e. The van der Waals surface area contributed by atoms with Crippen molar-refractivity contribution in [2.24, 2.45) is 0 Å². The van der Waals surface area contributed by atoms with Crippen molar-refractivity contribution in [3.8, 4) is 11.1 Å². The Morgan fingerprint density at radius 1 is 1.00 bits per heavy atom. The van der Waals surface area contributed by atoms with Crippen molar-refractivity contribution in [1.29, 1.82) is 0 Å². The highest BCUT2D eigenvalue weighted by molar-refractivity contribution is 6.30. The highest BCUT2D eigenvalue weighted by Gasteiger charge is 2.14. The van der Waals surface area contributed by atoms with E-state index in [1.54, 1.807) is 0 Å². The Bertz CT molecular complexity index is 619. The number of aryl methyl sites for hydroxylation is 1. The van der Waals surface area contributed by atoms with Crippen molar-refractivity contribution in [1.82, 2.24) is 4.90 Å². The summed E-state index contributed by atoms with van der Waals surface area (Å²) in [5.41, 5.74) is 6.78. The molecule has 2 aromatic rings. The third-order valence-electron chi connectivity index (χ3n) is 3.91. The molecule has 112 valence electrons. The van der Waals surface area contributed by atoms with Crippen LogP contribution in [-0.4, -0.2) is 18.5 Å². The van der Waals surface area contributed by atoms with Crippen molar-refractivity contribution in [3.63, 3.8) is 0 Å². The van der Waals surface area contributed by atoms with E-state index in [1.165, 1.54) is 27.8 Å². The minimum absolute atomic E-state index is 0.806. The zero-order valence-electron chi connectivity index (χ0n) is 13.4. The van der Waals surface area contributed by atoms with E-state index >= 15 is 0 Å². The zero-order valence-corrected chi connectivity index (χ0v) is 14.2. The molecule has 0 amide bonds. The summed E-state index contributed by atoms with van der Waals surface area (Å²) in [5, 5.41) is 0.806. The van der Waals surface area contributed by atoms with Gasteiger partial charge in [0.2, 0.25) is 0 Å². The fourth-order valence-electron chi connectivity index (χ4n) is 2.81. The third-order valence-corrected chi connectivity index (χ3v) is 4.14. The van der Waals surface area contributed by atoms with Crippen LogP contribution >= 0.6 is 11.6 Å². The Balaban J connectivity index is 0.000000774. The molecule has 0 aromatic heterocycles. The van der Waals surface area contributed by atoms with Crippen molar-refractivity contribution < 1.29 is 0 Å². The average Bonchev–Trinajstić information content (AvgIpc) is 2.49. The first kappa shape index (κ1) is 16.1. The second kappa shape index (κ2) is 7.11. The molecule has 1 aliphatic heterocycles. The largest absolute Gasteiger partial charge is 0.302 e. The summed E-state index contributed by atoms with van der Waals surface area (Å²) in [4.78, 5) is 2.37. The van der Waals surface area contributed by atoms with Crippen LogP contribution in [0.15, 0.2) is 36.4 Å². The van der Waals surface area contributed by atoms with Gasteiger partial charge in [-0.3, -0.25) is 0 Å². The molecule has 3 rings (SSSR count). The van der Waals surface area contributed by atoms with E-state index < -0.39 is 0 Å². The number of likely N-dealkylation sites (N-methyl/N-ethyl adjacent to an activating group) is 1. The van der Waals surface area contributed by atoms with Gasteiger partial charge in [0.15, 0.2) is 0 Å². The lowest BCUT2D eigenvalue weighted by molar-refractivity contribution is 0.313. The van der Waals surface area contributed by atoms with E-state index in [1.807, 2.05) is 26.0 Å². The normalized spacial score (nSPS) is 14.1. The quantitative estimate of drug-likeness (QED) is 0.688. The Kier molecular flexibility index (Phi) is 5.44. The number of fused-ring (bicyclic) bond motifs is 1. The number of nitrogens with zero attached hydrogens (tertiary/aromatic N) is 1. The lowest BCUT2D eigenvalue weighted by atomic mass is 9.93. The summed E-state index contributed by atoms with van der Waals surface area (Å²) >= 11 is 6.03. The van der Waals surface area contributed by atoms with Crippen molar-refractivity contribution in [2.45, 2.75) is 33.7 Å². The molecule has 0 saturated carbocycles. The third kappa shape index (κ3) is 3.66. The van der Waals surface area contributed by atoms with Crippen LogP contribution in [0.2, 0.25) is 5.02 Å². The first-order valence-electron chi connectivity index (χ1n) is 7.70. The van der Waals surface area contributed by atoms with Crippen molar-refractivity contribution in [3.05, 3.63) is 58.1 Å². The van der Waals surface area contributed by atoms with Gasteiger partial charge in [0, 0.05) is 18.1 Å². The van der Waals surface area contributed by atoms with Crippen LogP contribution in [0.4, 0.5) is 0 Å². The van der Waals surface area contributed by atoms with E-state index in [0.29, 0.717) is 0 Å². The van der Waals surface area contributed by atoms with Gasteiger partial charge in [-0.2, -0.15) is 0 Å². The van der Waals surface area contributed by atoms with Gasteiger partial charge in [-0.1, -0.05) is 49.7 Å². The monoisotopic (exact) mass is 301 g/mol. The summed E-state index contributed by atoms with van der Waals surface area (Å²) in [6.07, 6.45) is 1.15. The number of benzene rings is 2. The predicted molar refractivity (Wildman–Crippen MR) is 93.0 cm³/mol. The zero-order chi connectivity index (χ0) is 15.4. The molecule has 1 heterocycles. The van der Waals surface area contributed by atoms with Gasteiger partial charge in [-0.05, 0) is 60.3 Å². The molecule has 0 radical (unpaired) electrons. The molecular formula is C19H24ClN. The van der Waals surface area contributed by atoms with Crippen LogP contribution in [0.1, 0.15) is 30.5 Å². The Hall–Kier alpha value is -1.31. The van der Waals surface area contributed by atoms with Crippen LogP contribution in [0.5, 0.6) is 0 Å². The molecule has 0 N–H and O–H groups in total. The molecule has 2 aromatic carbocycles. The average molecular weight is 302 g/mol. The van der Waals surface area contributed by atoms with Gasteiger partial charge in [-0.25, -0.2) is 0 Å². The Morgan fingerprint density at radius 2 is 1.76 bits per heavy atom. The molecule has 0 saturated heterocycles. The molecule has 0 aliphatic carbocycles. The summed E-state index contributed by atoms with van der Waals surface area (Å²) in [6, 6.07) is 13.0. The van der Waals surface area contributed by atoms with Crippen LogP contribution < -0.4 is 0 Å². The van der Waals surface area contributed by atoms with Gasteiger partial charge in [0.05, 0.1) is 0 Å². The lowest BCUT2D eigenvalue weighted by Gasteiger charge is -2.25. The Morgan fingerprint density at radius 3 is 2.48 bits per heavy atom. The summed E-state index contributed by atoms with van der Waals surface area (Å²) < 4.78 is 0. The maximum atomic E-state index is 6.03. The number of hydrogen-bond donors (Lipinski definition) is 0. The van der Waals surface area contributed by atoms with E-state index in [0.717, 1.165) is 24.5 Å². The molecule has 0 fully saturated rings. The molecule has 2 heteroatoms. The Labute approximate surface area is 133 Å².